The van der Waals surface area contributed by atoms with Crippen molar-refractivity contribution in [2.75, 3.05) is 12.5 Å². The molecule has 0 spiro atoms. The predicted molar refractivity (Wildman–Crippen MR) is 138 cm³/mol. The zero-order valence-corrected chi connectivity index (χ0v) is 21.5. The van der Waals surface area contributed by atoms with Gasteiger partial charge in [-0.1, -0.05) is 67.6 Å². The Bertz CT molecular complexity index is 1140. The van der Waals surface area contributed by atoms with Gasteiger partial charge in [0.25, 0.3) is 0 Å². The van der Waals surface area contributed by atoms with Crippen LogP contribution in [-0.4, -0.2) is 58.7 Å². The summed E-state index contributed by atoms with van der Waals surface area (Å²) in [5, 5.41) is 6.28. The first-order chi connectivity index (χ1) is 17.9. The number of rotatable bonds is 9. The monoisotopic (exact) mass is 543 g/mol. The van der Waals surface area contributed by atoms with E-state index in [2.05, 4.69) is 10.6 Å². The van der Waals surface area contributed by atoms with Crippen molar-refractivity contribution in [1.29, 1.82) is 0 Å². The van der Waals surface area contributed by atoms with E-state index in [-0.39, 0.29) is 30.5 Å². The van der Waals surface area contributed by atoms with E-state index in [1.165, 1.54) is 16.7 Å². The first kappa shape index (κ1) is 26.6. The molecule has 2 unspecified atom stereocenters. The molecule has 3 amide bonds. The topological polar surface area (TPSA) is 114 Å². The fourth-order valence-electron chi connectivity index (χ4n) is 4.06. The average molecular weight is 544 g/mol. The van der Waals surface area contributed by atoms with Crippen LogP contribution in [-0.2, 0) is 23.9 Å². The summed E-state index contributed by atoms with van der Waals surface area (Å²) in [6.07, 6.45) is -1.34. The number of esters is 1. The van der Waals surface area contributed by atoms with Crippen LogP contribution in [0.15, 0.2) is 71.8 Å². The van der Waals surface area contributed by atoms with Crippen LogP contribution >= 0.6 is 23.4 Å². The number of alkyl carbamates (subject to hydrolysis) is 1. The van der Waals surface area contributed by atoms with E-state index in [1.807, 2.05) is 60.7 Å². The van der Waals surface area contributed by atoms with Crippen LogP contribution in [0.1, 0.15) is 30.6 Å². The fourth-order valence-corrected chi connectivity index (χ4v) is 5.31. The maximum absolute atomic E-state index is 13.7. The van der Waals surface area contributed by atoms with Crippen LogP contribution in [0.25, 0.3) is 0 Å². The number of β-lactam (4-membered cyclic amide) rings is 1. The van der Waals surface area contributed by atoms with E-state index < -0.39 is 41.5 Å². The zero-order valence-electron chi connectivity index (χ0n) is 20.0. The van der Waals surface area contributed by atoms with Gasteiger partial charge < -0.3 is 19.7 Å². The summed E-state index contributed by atoms with van der Waals surface area (Å²) in [6, 6.07) is 16.4. The van der Waals surface area contributed by atoms with E-state index >= 15 is 0 Å². The minimum absolute atomic E-state index is 0.0244. The van der Waals surface area contributed by atoms with Gasteiger partial charge in [0, 0.05) is 6.42 Å². The van der Waals surface area contributed by atoms with Gasteiger partial charge in [0.15, 0.2) is 12.1 Å². The number of thioether (sulfide) groups is 1. The summed E-state index contributed by atoms with van der Waals surface area (Å²) in [4.78, 5) is 52.3. The summed E-state index contributed by atoms with van der Waals surface area (Å²) in [5.74, 6) is -1.35. The highest BCUT2D eigenvalue weighted by Crippen LogP contribution is 2.40. The van der Waals surface area contributed by atoms with Gasteiger partial charge in [-0.05, 0) is 16.5 Å². The summed E-state index contributed by atoms with van der Waals surface area (Å²) >= 11 is 6.80. The highest BCUT2D eigenvalue weighted by atomic mass is 35.5. The SMILES string of the molecule is CCC(=O)NC1C(=O)N2C(C(=O)OC(c3ccccc3)c3ccccc3)C(NC(=O)OCCCl)=CS[C@@H]12. The largest absolute Gasteiger partial charge is 0.451 e. The Hall–Kier alpha value is -3.50. The Kier molecular flexibility index (Phi) is 8.73. The van der Waals surface area contributed by atoms with Crippen LogP contribution in [0.2, 0.25) is 0 Å². The molecule has 11 heteroatoms. The van der Waals surface area contributed by atoms with Crippen molar-refractivity contribution in [3.8, 4) is 0 Å². The van der Waals surface area contributed by atoms with Crippen LogP contribution < -0.4 is 10.6 Å². The summed E-state index contributed by atoms with van der Waals surface area (Å²) in [5.41, 5.74) is 1.62. The van der Waals surface area contributed by atoms with Crippen LogP contribution in [0.5, 0.6) is 0 Å². The molecule has 2 aliphatic rings. The molecule has 3 atom stereocenters. The predicted octanol–water partition coefficient (Wildman–Crippen LogP) is 3.30. The first-order valence-electron chi connectivity index (χ1n) is 11.7. The molecule has 1 fully saturated rings. The van der Waals surface area contributed by atoms with Crippen LogP contribution in [0, 0.1) is 0 Å². The minimum Gasteiger partial charge on any atom is -0.451 e. The Balaban J connectivity index is 1.63. The molecule has 37 heavy (non-hydrogen) atoms. The van der Waals surface area contributed by atoms with Crippen molar-refractivity contribution in [3.05, 3.63) is 82.9 Å². The Morgan fingerprint density at radius 2 is 1.68 bits per heavy atom. The van der Waals surface area contributed by atoms with Gasteiger partial charge in [0.1, 0.15) is 18.0 Å². The molecule has 0 radical (unpaired) electrons. The van der Waals surface area contributed by atoms with E-state index in [0.717, 1.165) is 11.1 Å². The number of fused-ring (bicyclic) bond motifs is 1. The van der Waals surface area contributed by atoms with Gasteiger partial charge in [-0.25, -0.2) is 9.59 Å². The van der Waals surface area contributed by atoms with Crippen LogP contribution in [0.3, 0.4) is 0 Å². The molecule has 0 aromatic heterocycles. The number of hydrogen-bond donors (Lipinski definition) is 2. The van der Waals surface area contributed by atoms with Crippen molar-refractivity contribution in [2.24, 2.45) is 0 Å². The number of nitrogens with one attached hydrogen (secondary N) is 2. The molecular formula is C26H26ClN3O6S. The number of alkyl halides is 1. The minimum atomic E-state index is -1.24. The molecule has 1 saturated heterocycles. The number of carbonyl (C=O) groups excluding carboxylic acids is 4. The summed E-state index contributed by atoms with van der Waals surface area (Å²) in [7, 11) is 0. The number of halogens is 1. The second kappa shape index (κ2) is 12.2. The molecule has 2 heterocycles. The Morgan fingerprint density at radius 1 is 1.05 bits per heavy atom. The lowest BCUT2D eigenvalue weighted by molar-refractivity contribution is -0.165. The number of carbonyl (C=O) groups is 4. The number of amides is 3. The first-order valence-corrected chi connectivity index (χ1v) is 13.2. The number of ether oxygens (including phenoxy) is 2. The lowest BCUT2D eigenvalue weighted by Gasteiger charge is -2.51. The lowest BCUT2D eigenvalue weighted by atomic mass is 9.99. The molecule has 194 valence electrons. The smallest absolute Gasteiger partial charge is 0.411 e. The number of nitrogens with zero attached hydrogens (tertiary/aromatic N) is 1. The van der Waals surface area contributed by atoms with Gasteiger partial charge >= 0.3 is 12.1 Å². The zero-order chi connectivity index (χ0) is 26.4. The van der Waals surface area contributed by atoms with Crippen molar-refractivity contribution in [3.63, 3.8) is 0 Å². The Labute approximate surface area is 223 Å². The Morgan fingerprint density at radius 3 is 2.24 bits per heavy atom. The van der Waals surface area contributed by atoms with Gasteiger partial charge in [-0.3, -0.25) is 14.9 Å². The molecule has 2 N–H and O–H groups in total. The van der Waals surface area contributed by atoms with Gasteiger partial charge in [-0.15, -0.1) is 23.4 Å². The van der Waals surface area contributed by atoms with Gasteiger partial charge in [0.05, 0.1) is 11.6 Å². The molecule has 0 aliphatic carbocycles. The van der Waals surface area contributed by atoms with E-state index in [1.54, 1.807) is 12.3 Å². The molecule has 4 rings (SSSR count). The van der Waals surface area contributed by atoms with Crippen molar-refractivity contribution in [2.45, 2.75) is 36.9 Å². The highest BCUT2D eigenvalue weighted by molar-refractivity contribution is 8.02. The third kappa shape index (κ3) is 5.91. The van der Waals surface area contributed by atoms with Gasteiger partial charge in [0.2, 0.25) is 11.8 Å². The standard InChI is InChI=1S/C26H26ClN3O6S/c1-2-19(31)29-20-23(32)30-21(18(15-37-24(20)30)28-26(34)35-14-13-27)25(33)36-22(16-9-5-3-6-10-16)17-11-7-4-8-12-17/h3-12,15,20-22,24H,2,13-14H2,1H3,(H,28,34)(H,29,31)/t20?,21?,24-/m0/s1. The highest BCUT2D eigenvalue weighted by Gasteiger charge is 2.56. The maximum Gasteiger partial charge on any atom is 0.411 e. The normalized spacial score (nSPS) is 20.3. The molecule has 2 aliphatic heterocycles. The second-order valence-corrected chi connectivity index (χ2v) is 9.60. The third-order valence-electron chi connectivity index (χ3n) is 5.84. The number of benzene rings is 2. The lowest BCUT2D eigenvalue weighted by Crippen LogP contribution is -2.74. The van der Waals surface area contributed by atoms with Crippen molar-refractivity contribution < 1.29 is 28.7 Å². The van der Waals surface area contributed by atoms with Crippen molar-refractivity contribution >= 4 is 47.2 Å². The molecular weight excluding hydrogens is 518 g/mol. The number of hydrogen-bond acceptors (Lipinski definition) is 7. The average Bonchev–Trinajstić information content (AvgIpc) is 2.93. The maximum atomic E-state index is 13.7. The molecule has 2 aromatic carbocycles. The fraction of sp³-hybridized carbons (Fsp3) is 0.308. The molecule has 9 nitrogen and oxygen atoms in total. The van der Waals surface area contributed by atoms with Gasteiger partial charge in [-0.2, -0.15) is 0 Å². The van der Waals surface area contributed by atoms with Crippen molar-refractivity contribution in [1.82, 2.24) is 15.5 Å². The molecule has 0 bridgehead atoms. The molecule has 2 aromatic rings. The van der Waals surface area contributed by atoms with E-state index in [9.17, 15) is 19.2 Å². The molecule has 0 saturated carbocycles. The summed E-state index contributed by atoms with van der Waals surface area (Å²) < 4.78 is 11.0. The quantitative estimate of drug-likeness (QED) is 0.283. The second-order valence-electron chi connectivity index (χ2n) is 8.23. The third-order valence-corrected chi connectivity index (χ3v) is 7.17. The van der Waals surface area contributed by atoms with Crippen LogP contribution in [0.4, 0.5) is 4.79 Å². The van der Waals surface area contributed by atoms with E-state index in [0.29, 0.717) is 0 Å². The van der Waals surface area contributed by atoms with E-state index in [4.69, 9.17) is 21.1 Å². The summed E-state index contributed by atoms with van der Waals surface area (Å²) in [6.45, 7) is 1.66.